The highest BCUT2D eigenvalue weighted by Gasteiger charge is 2.29. The zero-order valence-corrected chi connectivity index (χ0v) is 18.2. The van der Waals surface area contributed by atoms with Gasteiger partial charge >= 0.3 is 0 Å². The molecule has 0 saturated carbocycles. The van der Waals surface area contributed by atoms with Crippen LogP contribution in [-0.2, 0) is 11.3 Å². The summed E-state index contributed by atoms with van der Waals surface area (Å²) in [5, 5.41) is 5.93. The Kier molecular flexibility index (Phi) is 5.64. The second-order valence-corrected chi connectivity index (χ2v) is 8.56. The molecule has 7 nitrogen and oxygen atoms in total. The molecule has 0 aliphatic carbocycles. The fraction of sp³-hybridized carbons (Fsp3) is 0.455. The van der Waals surface area contributed by atoms with Crippen molar-refractivity contribution < 1.29 is 4.79 Å². The fourth-order valence-electron chi connectivity index (χ4n) is 4.27. The van der Waals surface area contributed by atoms with Crippen LogP contribution in [-0.4, -0.2) is 43.6 Å². The molecular weight excluding hydrogens is 402 g/mol. The van der Waals surface area contributed by atoms with Crippen molar-refractivity contribution in [3.8, 4) is 0 Å². The number of nitrogens with zero attached hydrogens (tertiary/aromatic N) is 4. The minimum absolute atomic E-state index is 0.105. The number of aromatic amines is 1. The lowest BCUT2D eigenvalue weighted by atomic mass is 9.92. The third kappa shape index (κ3) is 3.86. The molecule has 1 amide bonds. The number of hydrogen-bond acceptors (Lipinski definition) is 4. The number of pyridine rings is 2. The highest BCUT2D eigenvalue weighted by Crippen LogP contribution is 2.28. The van der Waals surface area contributed by atoms with Gasteiger partial charge in [0, 0.05) is 36.3 Å². The maximum absolute atomic E-state index is 13.1. The maximum Gasteiger partial charge on any atom is 0.274 e. The van der Waals surface area contributed by atoms with Gasteiger partial charge in [0.25, 0.3) is 5.56 Å². The van der Waals surface area contributed by atoms with Gasteiger partial charge < -0.3 is 9.88 Å². The van der Waals surface area contributed by atoms with Gasteiger partial charge in [-0.2, -0.15) is 5.10 Å². The molecule has 1 N–H and O–H groups in total. The average Bonchev–Trinajstić information content (AvgIpc) is 2.99. The van der Waals surface area contributed by atoms with E-state index in [1.54, 1.807) is 6.20 Å². The summed E-state index contributed by atoms with van der Waals surface area (Å²) in [6, 6.07) is 5.72. The Morgan fingerprint density at radius 1 is 1.40 bits per heavy atom. The SMILES string of the molecule is Cc1nn(C[C@H](C)C(=O)N2CCC[C@H](c3cc4cccnc4c(=O)[nH]3)C2)c(C)c1Cl. The van der Waals surface area contributed by atoms with E-state index in [4.69, 9.17) is 11.6 Å². The number of likely N-dealkylation sites (tertiary alicyclic amines) is 1. The third-order valence-corrected chi connectivity index (χ3v) is 6.50. The molecule has 30 heavy (non-hydrogen) atoms. The number of amides is 1. The maximum atomic E-state index is 13.1. The Morgan fingerprint density at radius 2 is 2.20 bits per heavy atom. The van der Waals surface area contributed by atoms with E-state index in [-0.39, 0.29) is 23.3 Å². The third-order valence-electron chi connectivity index (χ3n) is 5.96. The molecule has 1 fully saturated rings. The lowest BCUT2D eigenvalue weighted by Crippen LogP contribution is -2.43. The molecule has 1 aliphatic heterocycles. The van der Waals surface area contributed by atoms with Crippen LogP contribution in [0.2, 0.25) is 5.02 Å². The van der Waals surface area contributed by atoms with Crippen LogP contribution in [0.5, 0.6) is 0 Å². The number of aryl methyl sites for hydroxylation is 1. The predicted octanol–water partition coefficient (Wildman–Crippen LogP) is 3.43. The molecule has 1 aliphatic rings. The Morgan fingerprint density at radius 3 is 2.93 bits per heavy atom. The number of rotatable bonds is 4. The van der Waals surface area contributed by atoms with Gasteiger partial charge in [0.2, 0.25) is 5.91 Å². The smallest absolute Gasteiger partial charge is 0.274 e. The van der Waals surface area contributed by atoms with Crippen LogP contribution in [0.25, 0.3) is 10.9 Å². The van der Waals surface area contributed by atoms with Gasteiger partial charge in [-0.3, -0.25) is 19.3 Å². The molecule has 158 valence electrons. The average molecular weight is 428 g/mol. The number of hydrogen-bond donors (Lipinski definition) is 1. The van der Waals surface area contributed by atoms with Gasteiger partial charge in [-0.15, -0.1) is 0 Å². The first-order chi connectivity index (χ1) is 14.3. The summed E-state index contributed by atoms with van der Waals surface area (Å²) in [5.41, 5.74) is 2.80. The number of piperidine rings is 1. The Hall–Kier alpha value is -2.67. The van der Waals surface area contributed by atoms with Crippen molar-refractivity contribution in [2.45, 2.75) is 46.1 Å². The number of carbonyl (C=O) groups is 1. The highest BCUT2D eigenvalue weighted by molar-refractivity contribution is 6.31. The second-order valence-electron chi connectivity index (χ2n) is 8.19. The van der Waals surface area contributed by atoms with Gasteiger partial charge in [0.1, 0.15) is 5.52 Å². The number of nitrogens with one attached hydrogen (secondary N) is 1. The van der Waals surface area contributed by atoms with Crippen molar-refractivity contribution in [2.24, 2.45) is 5.92 Å². The topological polar surface area (TPSA) is 83.9 Å². The predicted molar refractivity (Wildman–Crippen MR) is 117 cm³/mol. The zero-order valence-electron chi connectivity index (χ0n) is 17.5. The highest BCUT2D eigenvalue weighted by atomic mass is 35.5. The molecule has 8 heteroatoms. The summed E-state index contributed by atoms with van der Waals surface area (Å²) in [7, 11) is 0. The van der Waals surface area contributed by atoms with E-state index in [9.17, 15) is 9.59 Å². The molecule has 0 bridgehead atoms. The summed E-state index contributed by atoms with van der Waals surface area (Å²) in [4.78, 5) is 34.6. The van der Waals surface area contributed by atoms with Crippen LogP contribution in [0, 0.1) is 19.8 Å². The normalized spacial score (nSPS) is 18.0. The van der Waals surface area contributed by atoms with Crippen LogP contribution < -0.4 is 5.56 Å². The number of H-pyrrole nitrogens is 1. The largest absolute Gasteiger partial charge is 0.342 e. The van der Waals surface area contributed by atoms with Crippen LogP contribution in [0.1, 0.15) is 42.8 Å². The summed E-state index contributed by atoms with van der Waals surface area (Å²) >= 11 is 6.24. The van der Waals surface area contributed by atoms with Crippen LogP contribution in [0.4, 0.5) is 0 Å². The molecule has 4 heterocycles. The van der Waals surface area contributed by atoms with Crippen molar-refractivity contribution >= 4 is 28.4 Å². The fourth-order valence-corrected chi connectivity index (χ4v) is 4.41. The molecule has 0 radical (unpaired) electrons. The monoisotopic (exact) mass is 427 g/mol. The van der Waals surface area contributed by atoms with E-state index >= 15 is 0 Å². The summed E-state index contributed by atoms with van der Waals surface area (Å²) in [6.07, 6.45) is 3.46. The summed E-state index contributed by atoms with van der Waals surface area (Å²) < 4.78 is 1.81. The van der Waals surface area contributed by atoms with Gasteiger partial charge in [0.05, 0.1) is 28.9 Å². The number of carbonyl (C=O) groups excluding carboxylic acids is 1. The van der Waals surface area contributed by atoms with Crippen molar-refractivity contribution in [3.63, 3.8) is 0 Å². The minimum atomic E-state index is -0.210. The van der Waals surface area contributed by atoms with Crippen molar-refractivity contribution in [3.05, 3.63) is 56.9 Å². The van der Waals surface area contributed by atoms with Gasteiger partial charge in [0.15, 0.2) is 0 Å². The summed E-state index contributed by atoms with van der Waals surface area (Å²) in [6.45, 7) is 7.55. The van der Waals surface area contributed by atoms with Gasteiger partial charge in [-0.25, -0.2) is 0 Å². The minimum Gasteiger partial charge on any atom is -0.342 e. The molecule has 0 unspecified atom stereocenters. The Bertz CT molecular complexity index is 1150. The van der Waals surface area contributed by atoms with E-state index in [0.29, 0.717) is 23.6 Å². The lowest BCUT2D eigenvalue weighted by Gasteiger charge is -2.34. The molecule has 1 saturated heterocycles. The first-order valence-electron chi connectivity index (χ1n) is 10.3. The van der Waals surface area contributed by atoms with E-state index in [1.165, 1.54) is 0 Å². The van der Waals surface area contributed by atoms with Crippen molar-refractivity contribution in [2.75, 3.05) is 13.1 Å². The van der Waals surface area contributed by atoms with E-state index < -0.39 is 0 Å². The van der Waals surface area contributed by atoms with Crippen LogP contribution in [0.3, 0.4) is 0 Å². The lowest BCUT2D eigenvalue weighted by molar-refractivity contribution is -0.136. The number of aromatic nitrogens is 4. The molecule has 3 aromatic heterocycles. The molecule has 4 rings (SSSR count). The van der Waals surface area contributed by atoms with Gasteiger partial charge in [-0.05, 0) is 38.8 Å². The van der Waals surface area contributed by atoms with E-state index in [1.807, 2.05) is 48.6 Å². The molecule has 2 atom stereocenters. The standard InChI is InChI=1S/C22H26ClN5O2/c1-13(11-28-15(3)19(23)14(2)26-28)22(30)27-9-5-7-17(12-27)18-10-16-6-4-8-24-20(16)21(29)25-18/h4,6,8,10,13,17H,5,7,9,11-12H2,1-3H3,(H,25,29)/t13-,17-/m0/s1. The van der Waals surface area contributed by atoms with Crippen LogP contribution >= 0.6 is 11.6 Å². The Labute approximate surface area is 180 Å². The quantitative estimate of drug-likeness (QED) is 0.691. The van der Waals surface area contributed by atoms with Gasteiger partial charge in [-0.1, -0.05) is 24.6 Å². The van der Waals surface area contributed by atoms with E-state index in [0.717, 1.165) is 41.9 Å². The molecular formula is C22H26ClN5O2. The first-order valence-corrected chi connectivity index (χ1v) is 10.7. The second kappa shape index (κ2) is 8.22. The molecule has 3 aromatic rings. The number of fused-ring (bicyclic) bond motifs is 1. The van der Waals surface area contributed by atoms with Crippen molar-refractivity contribution in [1.82, 2.24) is 24.6 Å². The number of halogens is 1. The first kappa shape index (κ1) is 20.6. The molecule has 0 spiro atoms. The van der Waals surface area contributed by atoms with E-state index in [2.05, 4.69) is 15.1 Å². The molecule has 0 aromatic carbocycles. The van der Waals surface area contributed by atoms with Crippen LogP contribution in [0.15, 0.2) is 29.2 Å². The zero-order chi connectivity index (χ0) is 21.4. The Balaban J connectivity index is 1.50. The summed E-state index contributed by atoms with van der Waals surface area (Å²) in [5.74, 6) is 0.00109. The van der Waals surface area contributed by atoms with Crippen molar-refractivity contribution in [1.29, 1.82) is 0 Å².